The maximum absolute atomic E-state index is 13.7. The Morgan fingerprint density at radius 3 is 1.91 bits per heavy atom. The summed E-state index contributed by atoms with van der Waals surface area (Å²) in [6, 6.07) is 2.52. The quantitative estimate of drug-likeness (QED) is 0.149. The Labute approximate surface area is 187 Å². The van der Waals surface area contributed by atoms with Crippen molar-refractivity contribution in [2.75, 3.05) is 6.61 Å². The normalized spacial score (nSPS) is 11.4. The summed E-state index contributed by atoms with van der Waals surface area (Å²) in [6.07, 6.45) is 6.27. The van der Waals surface area contributed by atoms with Crippen LogP contribution in [0.2, 0.25) is 0 Å². The second-order valence-corrected chi connectivity index (χ2v) is 7.83. The molecule has 0 spiro atoms. The van der Waals surface area contributed by atoms with E-state index in [4.69, 9.17) is 9.47 Å². The Hall–Kier alpha value is -2.12. The number of carbonyl (C=O) groups is 2. The SMILES string of the molecule is CCCCCCCCCCCCOC(=O)CCC(=O)OCc1c(F)cccc1C(F)(F)F. The highest BCUT2D eigenvalue weighted by Crippen LogP contribution is 2.33. The number of alkyl halides is 3. The van der Waals surface area contributed by atoms with Gasteiger partial charge in [-0.2, -0.15) is 13.2 Å². The predicted octanol–water partition coefficient (Wildman–Crippen LogP) is 7.13. The van der Waals surface area contributed by atoms with E-state index in [9.17, 15) is 27.2 Å². The average Bonchev–Trinajstić information content (AvgIpc) is 2.74. The molecular weight excluding hydrogens is 428 g/mol. The van der Waals surface area contributed by atoms with Gasteiger partial charge < -0.3 is 9.47 Å². The van der Waals surface area contributed by atoms with Crippen LogP contribution in [0.1, 0.15) is 95.1 Å². The molecule has 1 aromatic rings. The summed E-state index contributed by atoms with van der Waals surface area (Å²) in [4.78, 5) is 23.4. The van der Waals surface area contributed by atoms with Crippen molar-refractivity contribution in [3.63, 3.8) is 0 Å². The van der Waals surface area contributed by atoms with Gasteiger partial charge in [-0.1, -0.05) is 70.8 Å². The van der Waals surface area contributed by atoms with E-state index >= 15 is 0 Å². The second-order valence-electron chi connectivity index (χ2n) is 7.83. The Bertz CT molecular complexity index is 689. The fourth-order valence-electron chi connectivity index (χ4n) is 3.25. The lowest BCUT2D eigenvalue weighted by Gasteiger charge is -2.13. The summed E-state index contributed by atoms with van der Waals surface area (Å²) in [5.41, 5.74) is -1.93. The molecular formula is C24H34F4O4. The molecule has 32 heavy (non-hydrogen) atoms. The van der Waals surface area contributed by atoms with Crippen molar-refractivity contribution < 1.29 is 36.6 Å². The molecule has 0 bridgehead atoms. The highest BCUT2D eigenvalue weighted by atomic mass is 19.4. The summed E-state index contributed by atoms with van der Waals surface area (Å²) >= 11 is 0. The van der Waals surface area contributed by atoms with Crippen LogP contribution in [0.15, 0.2) is 18.2 Å². The lowest BCUT2D eigenvalue weighted by Crippen LogP contribution is -2.15. The van der Waals surface area contributed by atoms with Gasteiger partial charge in [0.05, 0.1) is 25.0 Å². The summed E-state index contributed by atoms with van der Waals surface area (Å²) in [5.74, 6) is -2.57. The molecule has 0 saturated heterocycles. The van der Waals surface area contributed by atoms with Crippen molar-refractivity contribution in [1.82, 2.24) is 0 Å². The molecule has 0 aromatic heterocycles. The molecule has 0 N–H and O–H groups in total. The lowest BCUT2D eigenvalue weighted by atomic mass is 10.1. The first-order valence-corrected chi connectivity index (χ1v) is 11.4. The van der Waals surface area contributed by atoms with Crippen molar-refractivity contribution in [2.24, 2.45) is 0 Å². The van der Waals surface area contributed by atoms with Crippen LogP contribution in [0.5, 0.6) is 0 Å². The van der Waals surface area contributed by atoms with E-state index in [1.807, 2.05) is 0 Å². The second kappa shape index (κ2) is 15.6. The van der Waals surface area contributed by atoms with Crippen LogP contribution in [-0.2, 0) is 31.8 Å². The van der Waals surface area contributed by atoms with E-state index in [1.165, 1.54) is 44.9 Å². The number of unbranched alkanes of at least 4 members (excludes halogenated alkanes) is 9. The fourth-order valence-corrected chi connectivity index (χ4v) is 3.25. The minimum Gasteiger partial charge on any atom is -0.466 e. The number of carbonyl (C=O) groups excluding carboxylic acids is 2. The third-order valence-corrected chi connectivity index (χ3v) is 5.10. The largest absolute Gasteiger partial charge is 0.466 e. The van der Waals surface area contributed by atoms with Gasteiger partial charge in [-0.25, -0.2) is 4.39 Å². The molecule has 0 radical (unpaired) electrons. The standard InChI is InChI=1S/C24H34F4O4/c1-2-3-4-5-6-7-8-9-10-11-17-31-22(29)15-16-23(30)32-18-19-20(24(26,27)28)13-12-14-21(19)25/h12-14H,2-11,15-18H2,1H3. The Morgan fingerprint density at radius 2 is 1.34 bits per heavy atom. The van der Waals surface area contributed by atoms with Gasteiger partial charge in [-0.3, -0.25) is 9.59 Å². The van der Waals surface area contributed by atoms with Gasteiger partial charge in [-0.05, 0) is 18.6 Å². The molecule has 8 heteroatoms. The third-order valence-electron chi connectivity index (χ3n) is 5.10. The minimum absolute atomic E-state index is 0.236. The van der Waals surface area contributed by atoms with Gasteiger partial charge in [0.2, 0.25) is 0 Å². The van der Waals surface area contributed by atoms with E-state index in [-0.39, 0.29) is 19.4 Å². The highest BCUT2D eigenvalue weighted by Gasteiger charge is 2.34. The highest BCUT2D eigenvalue weighted by molar-refractivity contribution is 5.77. The predicted molar refractivity (Wildman–Crippen MR) is 113 cm³/mol. The summed E-state index contributed by atoms with van der Waals surface area (Å²) in [7, 11) is 0. The van der Waals surface area contributed by atoms with E-state index in [2.05, 4.69) is 6.92 Å². The zero-order valence-corrected chi connectivity index (χ0v) is 18.8. The molecule has 0 heterocycles. The first-order valence-electron chi connectivity index (χ1n) is 11.4. The van der Waals surface area contributed by atoms with Crippen LogP contribution in [0.4, 0.5) is 17.6 Å². The molecule has 0 aliphatic heterocycles. The molecule has 0 aliphatic rings. The maximum atomic E-state index is 13.7. The van der Waals surface area contributed by atoms with Crippen molar-refractivity contribution in [3.05, 3.63) is 35.1 Å². The molecule has 0 unspecified atom stereocenters. The third kappa shape index (κ3) is 12.1. The van der Waals surface area contributed by atoms with Crippen molar-refractivity contribution in [2.45, 2.75) is 96.8 Å². The van der Waals surface area contributed by atoms with Gasteiger partial charge in [0.25, 0.3) is 0 Å². The van der Waals surface area contributed by atoms with E-state index in [1.54, 1.807) is 0 Å². The van der Waals surface area contributed by atoms with Gasteiger partial charge in [0.1, 0.15) is 12.4 Å². The Balaban J connectivity index is 2.14. The van der Waals surface area contributed by atoms with Crippen LogP contribution in [0.3, 0.4) is 0 Å². The van der Waals surface area contributed by atoms with Crippen molar-refractivity contribution >= 4 is 11.9 Å². The van der Waals surface area contributed by atoms with E-state index < -0.39 is 41.7 Å². The molecule has 1 aromatic carbocycles. The monoisotopic (exact) mass is 462 g/mol. The molecule has 1 rings (SSSR count). The summed E-state index contributed by atoms with van der Waals surface area (Å²) in [5, 5.41) is 0. The topological polar surface area (TPSA) is 52.6 Å². The van der Waals surface area contributed by atoms with Crippen LogP contribution in [0.25, 0.3) is 0 Å². The van der Waals surface area contributed by atoms with Crippen LogP contribution in [-0.4, -0.2) is 18.5 Å². The van der Waals surface area contributed by atoms with Gasteiger partial charge in [0, 0.05) is 5.56 Å². The molecule has 0 amide bonds. The first kappa shape index (κ1) is 27.9. The number of benzene rings is 1. The number of halogens is 4. The number of esters is 2. The van der Waals surface area contributed by atoms with Crippen LogP contribution in [0, 0.1) is 5.82 Å². The smallest absolute Gasteiger partial charge is 0.416 e. The Morgan fingerprint density at radius 1 is 0.812 bits per heavy atom. The first-order chi connectivity index (χ1) is 15.3. The van der Waals surface area contributed by atoms with Crippen molar-refractivity contribution in [1.29, 1.82) is 0 Å². The van der Waals surface area contributed by atoms with Gasteiger partial charge >= 0.3 is 18.1 Å². The van der Waals surface area contributed by atoms with Gasteiger partial charge in [0.15, 0.2) is 0 Å². The number of hydrogen-bond donors (Lipinski definition) is 0. The Kier molecular flexibility index (Phi) is 13.6. The molecule has 4 nitrogen and oxygen atoms in total. The van der Waals surface area contributed by atoms with Crippen LogP contribution < -0.4 is 0 Å². The summed E-state index contributed by atoms with van der Waals surface area (Å²) in [6.45, 7) is 1.62. The lowest BCUT2D eigenvalue weighted by molar-refractivity contribution is -0.152. The van der Waals surface area contributed by atoms with Gasteiger partial charge in [-0.15, -0.1) is 0 Å². The maximum Gasteiger partial charge on any atom is 0.416 e. The number of rotatable bonds is 16. The van der Waals surface area contributed by atoms with Crippen molar-refractivity contribution in [3.8, 4) is 0 Å². The molecule has 0 aliphatic carbocycles. The number of ether oxygens (including phenoxy) is 2. The molecule has 182 valence electrons. The zero-order chi connectivity index (χ0) is 23.8. The number of hydrogen-bond acceptors (Lipinski definition) is 4. The molecule has 0 fully saturated rings. The van der Waals surface area contributed by atoms with E-state index in [0.29, 0.717) is 0 Å². The fraction of sp³-hybridized carbons (Fsp3) is 0.667. The molecule has 0 atom stereocenters. The zero-order valence-electron chi connectivity index (χ0n) is 18.8. The van der Waals surface area contributed by atoms with E-state index in [0.717, 1.165) is 37.5 Å². The van der Waals surface area contributed by atoms with Crippen LogP contribution >= 0.6 is 0 Å². The molecule has 0 saturated carbocycles. The average molecular weight is 463 g/mol. The minimum atomic E-state index is -4.76. The summed E-state index contributed by atoms with van der Waals surface area (Å²) < 4.78 is 62.3.